The lowest BCUT2D eigenvalue weighted by Crippen LogP contribution is -2.22. The number of Topliss-reactive ketones (excluding diaryl/α,β-unsaturated/α-hetero) is 1. The Labute approximate surface area is 113 Å². The van der Waals surface area contributed by atoms with Gasteiger partial charge >= 0.3 is 0 Å². The average molecular weight is 282 g/mol. The van der Waals surface area contributed by atoms with E-state index in [9.17, 15) is 13.2 Å². The summed E-state index contributed by atoms with van der Waals surface area (Å²) < 4.78 is 23.3. The number of hydrogen-bond donors (Lipinski definition) is 1. The highest BCUT2D eigenvalue weighted by Gasteiger charge is 2.22. The van der Waals surface area contributed by atoms with Crippen LogP contribution in [0.2, 0.25) is 0 Å². The zero-order valence-corrected chi connectivity index (χ0v) is 12.0. The monoisotopic (exact) mass is 282 g/mol. The van der Waals surface area contributed by atoms with Crippen LogP contribution in [-0.2, 0) is 10.0 Å². The van der Waals surface area contributed by atoms with E-state index in [1.54, 1.807) is 13.0 Å². The van der Waals surface area contributed by atoms with Gasteiger partial charge in [0, 0.05) is 24.3 Å². The molecule has 0 aliphatic carbocycles. The van der Waals surface area contributed by atoms with Gasteiger partial charge in [-0.2, -0.15) is 0 Å². The van der Waals surface area contributed by atoms with Gasteiger partial charge in [0.25, 0.3) is 0 Å². The molecule has 2 rings (SSSR count). The summed E-state index contributed by atoms with van der Waals surface area (Å²) in [7, 11) is -3.82. The first-order valence-corrected chi connectivity index (χ1v) is 7.78. The third kappa shape index (κ3) is 2.79. The van der Waals surface area contributed by atoms with Crippen molar-refractivity contribution in [3.05, 3.63) is 23.3 Å². The minimum atomic E-state index is -3.82. The second-order valence-electron chi connectivity index (χ2n) is 4.91. The fourth-order valence-electron chi connectivity index (χ4n) is 2.46. The van der Waals surface area contributed by atoms with Gasteiger partial charge < -0.3 is 4.90 Å². The molecule has 0 aromatic heterocycles. The molecule has 1 fully saturated rings. The quantitative estimate of drug-likeness (QED) is 0.851. The number of rotatable bonds is 3. The van der Waals surface area contributed by atoms with Crippen molar-refractivity contribution in [3.8, 4) is 0 Å². The fraction of sp³-hybridized carbons (Fsp3) is 0.462. The van der Waals surface area contributed by atoms with Gasteiger partial charge in [-0.1, -0.05) is 0 Å². The lowest BCUT2D eigenvalue weighted by Gasteiger charge is -2.22. The second kappa shape index (κ2) is 4.94. The molecular weight excluding hydrogens is 264 g/mol. The van der Waals surface area contributed by atoms with Crippen LogP contribution < -0.4 is 10.0 Å². The van der Waals surface area contributed by atoms with Crippen molar-refractivity contribution in [1.29, 1.82) is 0 Å². The first kappa shape index (κ1) is 14.0. The zero-order chi connectivity index (χ0) is 14.2. The van der Waals surface area contributed by atoms with Gasteiger partial charge in [-0.3, -0.25) is 4.79 Å². The first-order chi connectivity index (χ1) is 8.80. The van der Waals surface area contributed by atoms with Gasteiger partial charge in [-0.05, 0) is 44.4 Å². The summed E-state index contributed by atoms with van der Waals surface area (Å²) in [4.78, 5) is 13.7. The average Bonchev–Trinajstić information content (AvgIpc) is 2.80. The Bertz CT molecular complexity index is 617. The highest BCUT2D eigenvalue weighted by molar-refractivity contribution is 7.89. The molecular formula is C13H18N2O3S. The van der Waals surface area contributed by atoms with E-state index in [2.05, 4.69) is 4.90 Å². The normalized spacial score (nSPS) is 15.8. The molecule has 0 saturated carbocycles. The van der Waals surface area contributed by atoms with Crippen LogP contribution in [0.4, 0.5) is 5.69 Å². The molecule has 1 aromatic carbocycles. The lowest BCUT2D eigenvalue weighted by atomic mass is 10.1. The van der Waals surface area contributed by atoms with Crippen LogP contribution in [-0.4, -0.2) is 27.3 Å². The number of benzene rings is 1. The summed E-state index contributed by atoms with van der Waals surface area (Å²) in [6.45, 7) is 4.92. The molecule has 1 aromatic rings. The van der Waals surface area contributed by atoms with E-state index in [-0.39, 0.29) is 10.7 Å². The molecule has 0 bridgehead atoms. The van der Waals surface area contributed by atoms with E-state index < -0.39 is 10.0 Å². The molecule has 0 radical (unpaired) electrons. The molecule has 0 atom stereocenters. The molecule has 1 aliphatic heterocycles. The van der Waals surface area contributed by atoms with Crippen LogP contribution in [0.1, 0.15) is 35.7 Å². The van der Waals surface area contributed by atoms with Crippen LogP contribution in [0.15, 0.2) is 17.0 Å². The van der Waals surface area contributed by atoms with Gasteiger partial charge in [0.2, 0.25) is 10.0 Å². The molecule has 1 saturated heterocycles. The number of anilines is 1. The topological polar surface area (TPSA) is 80.5 Å². The molecule has 0 amide bonds. The molecule has 19 heavy (non-hydrogen) atoms. The maximum atomic E-state index is 11.6. The van der Waals surface area contributed by atoms with Crippen LogP contribution in [0.3, 0.4) is 0 Å². The molecule has 2 N–H and O–H groups in total. The van der Waals surface area contributed by atoms with Gasteiger partial charge in [0.1, 0.15) is 0 Å². The standard InChI is InChI=1S/C13H18N2O3S/c1-9-12(15-5-3-4-6-15)7-11(10(2)16)8-13(9)19(14,17)18/h7-8H,3-6H2,1-2H3,(H2,14,17,18). The van der Waals surface area contributed by atoms with Crippen molar-refractivity contribution in [1.82, 2.24) is 0 Å². The summed E-state index contributed by atoms with van der Waals surface area (Å²) >= 11 is 0. The van der Waals surface area contributed by atoms with Crippen LogP contribution >= 0.6 is 0 Å². The minimum Gasteiger partial charge on any atom is -0.371 e. The van der Waals surface area contributed by atoms with Crippen LogP contribution in [0.5, 0.6) is 0 Å². The van der Waals surface area contributed by atoms with E-state index >= 15 is 0 Å². The Morgan fingerprint density at radius 1 is 1.26 bits per heavy atom. The Balaban J connectivity index is 2.65. The molecule has 5 nitrogen and oxygen atoms in total. The number of sulfonamides is 1. The largest absolute Gasteiger partial charge is 0.371 e. The Kier molecular flexibility index (Phi) is 3.64. The predicted octanol–water partition coefficient (Wildman–Crippen LogP) is 1.45. The Morgan fingerprint density at radius 2 is 1.84 bits per heavy atom. The summed E-state index contributed by atoms with van der Waals surface area (Å²) in [6.07, 6.45) is 2.16. The maximum Gasteiger partial charge on any atom is 0.238 e. The fourth-order valence-corrected chi connectivity index (χ4v) is 3.28. The number of nitrogens with two attached hydrogens (primary N) is 1. The Morgan fingerprint density at radius 3 is 2.32 bits per heavy atom. The van der Waals surface area contributed by atoms with Crippen molar-refractivity contribution in [2.75, 3.05) is 18.0 Å². The van der Waals surface area contributed by atoms with Gasteiger partial charge in [-0.25, -0.2) is 13.6 Å². The Hall–Kier alpha value is -1.40. The highest BCUT2D eigenvalue weighted by atomic mass is 32.2. The summed E-state index contributed by atoms with van der Waals surface area (Å²) in [6, 6.07) is 3.13. The second-order valence-corrected chi connectivity index (χ2v) is 6.44. The SMILES string of the molecule is CC(=O)c1cc(N2CCCC2)c(C)c(S(N)(=O)=O)c1. The molecule has 1 heterocycles. The summed E-state index contributed by atoms with van der Waals surface area (Å²) in [5, 5.41) is 5.24. The van der Waals surface area contributed by atoms with E-state index in [1.165, 1.54) is 13.0 Å². The minimum absolute atomic E-state index is 0.0436. The molecule has 0 unspecified atom stereocenters. The van der Waals surface area contributed by atoms with Crippen molar-refractivity contribution in [2.45, 2.75) is 31.6 Å². The van der Waals surface area contributed by atoms with E-state index in [1.807, 2.05) is 0 Å². The van der Waals surface area contributed by atoms with Crippen LogP contribution in [0.25, 0.3) is 0 Å². The number of primary sulfonamides is 1. The molecule has 0 spiro atoms. The third-order valence-electron chi connectivity index (χ3n) is 3.49. The van der Waals surface area contributed by atoms with Gasteiger partial charge in [-0.15, -0.1) is 0 Å². The maximum absolute atomic E-state index is 11.6. The number of ketones is 1. The molecule has 1 aliphatic rings. The summed E-state index contributed by atoms with van der Waals surface area (Å²) in [5.41, 5.74) is 1.81. The number of nitrogens with zero attached hydrogens (tertiary/aromatic N) is 1. The third-order valence-corrected chi connectivity index (χ3v) is 4.53. The predicted molar refractivity (Wildman–Crippen MR) is 74.0 cm³/mol. The van der Waals surface area contributed by atoms with Crippen molar-refractivity contribution >= 4 is 21.5 Å². The van der Waals surface area contributed by atoms with Crippen molar-refractivity contribution in [3.63, 3.8) is 0 Å². The van der Waals surface area contributed by atoms with E-state index in [4.69, 9.17) is 5.14 Å². The number of carbonyl (C=O) groups is 1. The number of carbonyl (C=O) groups excluding carboxylic acids is 1. The van der Waals surface area contributed by atoms with E-state index in [0.29, 0.717) is 11.1 Å². The van der Waals surface area contributed by atoms with E-state index in [0.717, 1.165) is 31.6 Å². The van der Waals surface area contributed by atoms with Gasteiger partial charge in [0.15, 0.2) is 5.78 Å². The first-order valence-electron chi connectivity index (χ1n) is 6.24. The van der Waals surface area contributed by atoms with Gasteiger partial charge in [0.05, 0.1) is 4.90 Å². The van der Waals surface area contributed by atoms with Crippen LogP contribution in [0, 0.1) is 6.92 Å². The van der Waals surface area contributed by atoms with Crippen molar-refractivity contribution < 1.29 is 13.2 Å². The molecule has 6 heteroatoms. The zero-order valence-electron chi connectivity index (χ0n) is 11.1. The summed E-state index contributed by atoms with van der Waals surface area (Å²) in [5.74, 6) is -0.162. The lowest BCUT2D eigenvalue weighted by molar-refractivity contribution is 0.101. The smallest absolute Gasteiger partial charge is 0.238 e. The van der Waals surface area contributed by atoms with Crippen molar-refractivity contribution in [2.24, 2.45) is 5.14 Å². The number of hydrogen-bond acceptors (Lipinski definition) is 4. The molecule has 104 valence electrons. The highest BCUT2D eigenvalue weighted by Crippen LogP contribution is 2.30.